The molecule has 1 aromatic heterocycles. The van der Waals surface area contributed by atoms with Crippen LogP contribution in [0.3, 0.4) is 0 Å². The molecule has 0 aliphatic heterocycles. The quantitative estimate of drug-likeness (QED) is 0.477. The zero-order valence-electron chi connectivity index (χ0n) is 16.5. The van der Waals surface area contributed by atoms with Gasteiger partial charge in [-0.25, -0.2) is 4.79 Å². The molecule has 0 bridgehead atoms. The number of hydrogen-bond acceptors (Lipinski definition) is 3. The summed E-state index contributed by atoms with van der Waals surface area (Å²) < 4.78 is 2.61. The van der Waals surface area contributed by atoms with E-state index < -0.39 is 11.2 Å². The summed E-state index contributed by atoms with van der Waals surface area (Å²) in [7, 11) is 0. The van der Waals surface area contributed by atoms with Crippen LogP contribution in [0.25, 0.3) is 11.3 Å². The summed E-state index contributed by atoms with van der Waals surface area (Å²) in [6.07, 6.45) is 0. The van der Waals surface area contributed by atoms with E-state index in [9.17, 15) is 14.9 Å². The molecule has 4 rings (SSSR count). The van der Waals surface area contributed by atoms with E-state index in [0.717, 1.165) is 15.7 Å². The van der Waals surface area contributed by atoms with E-state index in [4.69, 9.17) is 11.6 Å². The van der Waals surface area contributed by atoms with Crippen molar-refractivity contribution in [2.24, 2.45) is 0 Å². The third-order valence-electron chi connectivity index (χ3n) is 5.02. The van der Waals surface area contributed by atoms with Gasteiger partial charge in [-0.1, -0.05) is 84.4 Å². The zero-order chi connectivity index (χ0) is 21.8. The lowest BCUT2D eigenvalue weighted by Crippen LogP contribution is -2.42. The molecule has 0 N–H and O–H groups in total. The summed E-state index contributed by atoms with van der Waals surface area (Å²) in [6, 6.07) is 27.5. The molecule has 0 atom stereocenters. The number of nitriles is 1. The molecule has 31 heavy (non-hydrogen) atoms. The maximum Gasteiger partial charge on any atom is 0.332 e. The minimum Gasteiger partial charge on any atom is -0.287 e. The van der Waals surface area contributed by atoms with Gasteiger partial charge in [-0.15, -0.1) is 0 Å². The number of halogens is 1. The van der Waals surface area contributed by atoms with E-state index in [0.29, 0.717) is 16.3 Å². The van der Waals surface area contributed by atoms with Gasteiger partial charge >= 0.3 is 5.69 Å². The number of rotatable bonds is 5. The highest BCUT2D eigenvalue weighted by molar-refractivity contribution is 6.30. The van der Waals surface area contributed by atoms with Gasteiger partial charge in [-0.3, -0.25) is 13.9 Å². The molecule has 6 heteroatoms. The fourth-order valence-electron chi connectivity index (χ4n) is 3.53. The highest BCUT2D eigenvalue weighted by Gasteiger charge is 2.21. The van der Waals surface area contributed by atoms with Crippen LogP contribution in [0.4, 0.5) is 0 Å². The Morgan fingerprint density at radius 2 is 1.26 bits per heavy atom. The summed E-state index contributed by atoms with van der Waals surface area (Å²) in [5.41, 5.74) is 1.41. The summed E-state index contributed by atoms with van der Waals surface area (Å²) >= 11 is 6.02. The third kappa shape index (κ3) is 4.20. The van der Waals surface area contributed by atoms with Crippen molar-refractivity contribution in [2.75, 3.05) is 0 Å². The highest BCUT2D eigenvalue weighted by atomic mass is 35.5. The molecular weight excluding hydrogens is 410 g/mol. The second-order valence-corrected chi connectivity index (χ2v) is 7.51. The molecule has 4 aromatic rings. The Morgan fingerprint density at radius 1 is 0.742 bits per heavy atom. The molecule has 0 fully saturated rings. The van der Waals surface area contributed by atoms with Gasteiger partial charge in [-0.05, 0) is 28.8 Å². The van der Waals surface area contributed by atoms with E-state index >= 15 is 0 Å². The Morgan fingerprint density at radius 3 is 1.77 bits per heavy atom. The molecule has 0 aliphatic rings. The fraction of sp³-hybridized carbons (Fsp3) is 0.0800. The average molecular weight is 428 g/mol. The van der Waals surface area contributed by atoms with Crippen molar-refractivity contribution in [3.63, 3.8) is 0 Å². The fourth-order valence-corrected chi connectivity index (χ4v) is 3.65. The monoisotopic (exact) mass is 427 g/mol. The normalized spacial score (nSPS) is 10.6. The van der Waals surface area contributed by atoms with E-state index in [-0.39, 0.29) is 18.7 Å². The first-order chi connectivity index (χ1) is 15.1. The van der Waals surface area contributed by atoms with Crippen LogP contribution in [0.1, 0.15) is 16.7 Å². The van der Waals surface area contributed by atoms with E-state index in [1.54, 1.807) is 24.3 Å². The van der Waals surface area contributed by atoms with Crippen molar-refractivity contribution in [1.29, 1.82) is 5.26 Å². The van der Waals surface area contributed by atoms with E-state index in [1.807, 2.05) is 66.7 Å². The lowest BCUT2D eigenvalue weighted by molar-refractivity contribution is 0.615. The lowest BCUT2D eigenvalue weighted by Gasteiger charge is -2.18. The Bertz CT molecular complexity index is 1370. The van der Waals surface area contributed by atoms with Crippen LogP contribution >= 0.6 is 11.6 Å². The summed E-state index contributed by atoms with van der Waals surface area (Å²) in [4.78, 5) is 26.7. The first kappa shape index (κ1) is 20.4. The van der Waals surface area contributed by atoms with Crippen molar-refractivity contribution >= 4 is 11.6 Å². The molecule has 0 saturated heterocycles. The van der Waals surface area contributed by atoms with Crippen molar-refractivity contribution in [1.82, 2.24) is 9.13 Å². The molecule has 3 aromatic carbocycles. The van der Waals surface area contributed by atoms with Crippen LogP contribution < -0.4 is 11.2 Å². The second-order valence-electron chi connectivity index (χ2n) is 7.07. The smallest absolute Gasteiger partial charge is 0.287 e. The minimum atomic E-state index is -0.606. The summed E-state index contributed by atoms with van der Waals surface area (Å²) in [5, 5.41) is 10.4. The van der Waals surface area contributed by atoms with Crippen LogP contribution in [0.5, 0.6) is 0 Å². The first-order valence-electron chi connectivity index (χ1n) is 9.70. The van der Waals surface area contributed by atoms with E-state index in [2.05, 4.69) is 0 Å². The minimum absolute atomic E-state index is 0.0752. The molecule has 5 nitrogen and oxygen atoms in total. The van der Waals surface area contributed by atoms with Gasteiger partial charge in [0.1, 0.15) is 11.6 Å². The molecule has 0 radical (unpaired) electrons. The molecule has 0 spiro atoms. The maximum atomic E-state index is 13.5. The average Bonchev–Trinajstić information content (AvgIpc) is 2.80. The Kier molecular flexibility index (Phi) is 5.83. The van der Waals surface area contributed by atoms with Gasteiger partial charge in [0.15, 0.2) is 0 Å². The van der Waals surface area contributed by atoms with Crippen molar-refractivity contribution in [3.05, 3.63) is 127 Å². The second kappa shape index (κ2) is 8.86. The first-order valence-corrected chi connectivity index (χ1v) is 10.1. The largest absolute Gasteiger partial charge is 0.332 e. The Labute approximate surface area is 184 Å². The van der Waals surface area contributed by atoms with Gasteiger partial charge in [0.2, 0.25) is 0 Å². The lowest BCUT2D eigenvalue weighted by atomic mass is 10.1. The molecule has 0 amide bonds. The Hall–Kier alpha value is -3.88. The van der Waals surface area contributed by atoms with Crippen LogP contribution in [0.2, 0.25) is 5.02 Å². The van der Waals surface area contributed by atoms with Crippen molar-refractivity contribution < 1.29 is 0 Å². The molecule has 0 saturated carbocycles. The van der Waals surface area contributed by atoms with Crippen molar-refractivity contribution in [2.45, 2.75) is 13.1 Å². The predicted octanol–water partition coefficient (Wildman–Crippen LogP) is 4.30. The van der Waals surface area contributed by atoms with Crippen LogP contribution in [-0.2, 0) is 13.1 Å². The summed E-state index contributed by atoms with van der Waals surface area (Å²) in [6.45, 7) is 0.310. The molecule has 0 unspecified atom stereocenters. The summed E-state index contributed by atoms with van der Waals surface area (Å²) in [5.74, 6) is 0. The molecule has 152 valence electrons. The van der Waals surface area contributed by atoms with Crippen LogP contribution in [0, 0.1) is 11.3 Å². The number of nitrogens with zero attached hydrogens (tertiary/aromatic N) is 3. The van der Waals surface area contributed by atoms with Crippen LogP contribution in [0.15, 0.2) is 94.5 Å². The van der Waals surface area contributed by atoms with Gasteiger partial charge in [-0.2, -0.15) is 5.26 Å². The predicted molar refractivity (Wildman–Crippen MR) is 121 cm³/mol. The van der Waals surface area contributed by atoms with Gasteiger partial charge in [0, 0.05) is 5.02 Å². The van der Waals surface area contributed by atoms with Gasteiger partial charge in [0.05, 0.1) is 18.8 Å². The molecule has 1 heterocycles. The number of hydrogen-bond donors (Lipinski definition) is 0. The SMILES string of the molecule is N#Cc1c(-c2ccc(Cl)cc2)n(Cc2ccccc2)c(=O)n(Cc2ccccc2)c1=O. The van der Waals surface area contributed by atoms with E-state index in [1.165, 1.54) is 4.57 Å². The zero-order valence-corrected chi connectivity index (χ0v) is 17.3. The topological polar surface area (TPSA) is 67.8 Å². The van der Waals surface area contributed by atoms with Crippen molar-refractivity contribution in [3.8, 4) is 17.3 Å². The number of benzene rings is 3. The maximum absolute atomic E-state index is 13.5. The molecule has 0 aliphatic carbocycles. The highest BCUT2D eigenvalue weighted by Crippen LogP contribution is 2.23. The Balaban J connectivity index is 1.99. The van der Waals surface area contributed by atoms with Crippen LogP contribution in [-0.4, -0.2) is 9.13 Å². The molecular formula is C25H18ClN3O2. The number of aromatic nitrogens is 2. The van der Waals surface area contributed by atoms with Gasteiger partial charge in [0.25, 0.3) is 5.56 Å². The van der Waals surface area contributed by atoms with Gasteiger partial charge < -0.3 is 0 Å². The standard InChI is InChI=1S/C25H18ClN3O2/c26-21-13-11-20(12-14-21)23-22(15-27)24(30)29(17-19-9-5-2-6-10-19)25(31)28(23)16-18-7-3-1-4-8-18/h1-14H,16-17H2. The third-order valence-corrected chi connectivity index (χ3v) is 5.28.